The third kappa shape index (κ3) is 2.76. The van der Waals surface area contributed by atoms with Crippen molar-refractivity contribution in [1.82, 2.24) is 5.32 Å². The molecule has 5 heteroatoms. The third-order valence-electron chi connectivity index (χ3n) is 1.79. The van der Waals surface area contributed by atoms with Gasteiger partial charge in [0.05, 0.1) is 6.10 Å². The molecule has 0 aromatic rings. The fraction of sp³-hybridized carbons (Fsp3) is 1.00. The Bertz CT molecular complexity index is 166. The summed E-state index contributed by atoms with van der Waals surface area (Å²) in [7, 11) is 0. The van der Waals surface area contributed by atoms with Gasteiger partial charge in [-0.3, -0.25) is 0 Å². The van der Waals surface area contributed by atoms with Crippen LogP contribution in [-0.2, 0) is 0 Å². The highest BCUT2D eigenvalue weighted by molar-refractivity contribution is 4.77. The van der Waals surface area contributed by atoms with Crippen LogP contribution in [0.15, 0.2) is 5.11 Å². The Morgan fingerprint density at radius 2 is 2.45 bits per heavy atom. The average molecular weight is 156 g/mol. The fourth-order valence-corrected chi connectivity index (χ4v) is 1.23. The maximum absolute atomic E-state index is 9.24. The molecule has 5 nitrogen and oxygen atoms in total. The van der Waals surface area contributed by atoms with Crippen molar-refractivity contribution in [2.24, 2.45) is 5.11 Å². The lowest BCUT2D eigenvalue weighted by molar-refractivity contribution is 0.163. The second-order valence-corrected chi connectivity index (χ2v) is 2.74. The van der Waals surface area contributed by atoms with E-state index in [2.05, 4.69) is 15.3 Å². The minimum Gasteiger partial charge on any atom is -0.392 e. The first-order valence-electron chi connectivity index (χ1n) is 3.76. The quantitative estimate of drug-likeness (QED) is 0.327. The lowest BCUT2D eigenvalue weighted by Gasteiger charge is -2.08. The first-order valence-corrected chi connectivity index (χ1v) is 3.76. The summed E-state index contributed by atoms with van der Waals surface area (Å²) in [6.07, 6.45) is 1.03. The molecular weight excluding hydrogens is 144 g/mol. The van der Waals surface area contributed by atoms with Crippen molar-refractivity contribution in [2.45, 2.75) is 25.0 Å². The van der Waals surface area contributed by atoms with E-state index in [0.29, 0.717) is 13.0 Å². The van der Waals surface area contributed by atoms with Crippen LogP contribution in [0.25, 0.3) is 10.4 Å². The molecule has 62 valence electrons. The Morgan fingerprint density at radius 1 is 1.64 bits per heavy atom. The first-order chi connectivity index (χ1) is 5.33. The van der Waals surface area contributed by atoms with E-state index < -0.39 is 0 Å². The highest BCUT2D eigenvalue weighted by atomic mass is 16.3. The Kier molecular flexibility index (Phi) is 3.16. The van der Waals surface area contributed by atoms with Crippen molar-refractivity contribution in [3.8, 4) is 0 Å². The zero-order valence-electron chi connectivity index (χ0n) is 6.27. The number of nitrogens with one attached hydrogen (secondary N) is 1. The molecule has 0 aliphatic carbocycles. The van der Waals surface area contributed by atoms with E-state index in [1.165, 1.54) is 0 Å². The summed E-state index contributed by atoms with van der Waals surface area (Å²) in [5.41, 5.74) is 8.15. The van der Waals surface area contributed by atoms with Gasteiger partial charge >= 0.3 is 0 Å². The Balaban J connectivity index is 2.45. The molecular formula is C6H12N4O. The van der Waals surface area contributed by atoms with Crippen LogP contribution in [0.4, 0.5) is 0 Å². The highest BCUT2D eigenvalue weighted by Crippen LogP contribution is 2.09. The van der Waals surface area contributed by atoms with Gasteiger partial charge in [0, 0.05) is 17.5 Å². The average Bonchev–Trinajstić information content (AvgIpc) is 2.15. The summed E-state index contributed by atoms with van der Waals surface area (Å²) in [5.74, 6) is 0. The van der Waals surface area contributed by atoms with Gasteiger partial charge in [-0.2, -0.15) is 0 Å². The number of nitrogens with zero attached hydrogens (tertiary/aromatic N) is 3. The van der Waals surface area contributed by atoms with Crippen LogP contribution in [0, 0.1) is 0 Å². The number of azide groups is 1. The van der Waals surface area contributed by atoms with Crippen LogP contribution >= 0.6 is 0 Å². The van der Waals surface area contributed by atoms with Crippen molar-refractivity contribution in [1.29, 1.82) is 0 Å². The number of β-amino-alcohol motifs (C(OH)–C–C–N with tert-alkyl or cyclic N) is 1. The number of aliphatic hydroxyl groups excluding tert-OH is 1. The molecule has 0 spiro atoms. The molecule has 0 bridgehead atoms. The van der Waals surface area contributed by atoms with Gasteiger partial charge in [0.25, 0.3) is 0 Å². The van der Waals surface area contributed by atoms with Crippen LogP contribution in [-0.4, -0.2) is 30.3 Å². The van der Waals surface area contributed by atoms with Gasteiger partial charge in [-0.25, -0.2) is 0 Å². The van der Waals surface area contributed by atoms with Gasteiger partial charge in [0.15, 0.2) is 0 Å². The second kappa shape index (κ2) is 4.18. The van der Waals surface area contributed by atoms with Crippen molar-refractivity contribution >= 4 is 0 Å². The maximum atomic E-state index is 9.24. The largest absolute Gasteiger partial charge is 0.392 e. The van der Waals surface area contributed by atoms with Gasteiger partial charge in [-0.1, -0.05) is 5.11 Å². The Labute approximate surface area is 65.0 Å². The molecule has 1 rings (SSSR count). The number of hydrogen-bond donors (Lipinski definition) is 2. The monoisotopic (exact) mass is 156 g/mol. The Hall–Kier alpha value is -0.770. The lowest BCUT2D eigenvalue weighted by atomic mass is 10.1. The molecule has 0 aromatic carbocycles. The SMILES string of the molecule is [N-]=[N+]=NC1CCNCC(O)C1. The highest BCUT2D eigenvalue weighted by Gasteiger charge is 2.16. The van der Waals surface area contributed by atoms with Crippen molar-refractivity contribution < 1.29 is 5.11 Å². The summed E-state index contributed by atoms with van der Waals surface area (Å²) in [5, 5.41) is 15.9. The summed E-state index contributed by atoms with van der Waals surface area (Å²) in [4.78, 5) is 2.72. The second-order valence-electron chi connectivity index (χ2n) is 2.74. The van der Waals surface area contributed by atoms with E-state index in [9.17, 15) is 5.11 Å². The van der Waals surface area contributed by atoms with Gasteiger partial charge in [0.2, 0.25) is 0 Å². The van der Waals surface area contributed by atoms with E-state index in [1.807, 2.05) is 0 Å². The molecule has 2 unspecified atom stereocenters. The standard InChI is InChI=1S/C6H12N4O/c7-10-9-5-1-2-8-4-6(11)3-5/h5-6,8,11H,1-4H2. The smallest absolute Gasteiger partial charge is 0.0668 e. The molecule has 2 atom stereocenters. The van der Waals surface area contributed by atoms with E-state index in [4.69, 9.17) is 5.53 Å². The maximum Gasteiger partial charge on any atom is 0.0668 e. The third-order valence-corrected chi connectivity index (χ3v) is 1.79. The summed E-state index contributed by atoms with van der Waals surface area (Å²) in [6.45, 7) is 1.43. The molecule has 0 radical (unpaired) electrons. The predicted octanol–water partition coefficient (Wildman–Crippen LogP) is 0.410. The molecule has 1 aliphatic heterocycles. The minimum atomic E-state index is -0.368. The van der Waals surface area contributed by atoms with Gasteiger partial charge in [-0.05, 0) is 24.9 Å². The zero-order chi connectivity index (χ0) is 8.10. The Morgan fingerprint density at radius 3 is 3.18 bits per heavy atom. The van der Waals surface area contributed by atoms with E-state index in [1.54, 1.807) is 0 Å². The van der Waals surface area contributed by atoms with Gasteiger partial charge in [0.1, 0.15) is 0 Å². The van der Waals surface area contributed by atoms with Crippen molar-refractivity contribution in [2.75, 3.05) is 13.1 Å². The van der Waals surface area contributed by atoms with E-state index in [0.717, 1.165) is 13.0 Å². The predicted molar refractivity (Wildman–Crippen MR) is 41.0 cm³/mol. The fourth-order valence-electron chi connectivity index (χ4n) is 1.23. The molecule has 0 aromatic heterocycles. The van der Waals surface area contributed by atoms with Crippen molar-refractivity contribution in [3.63, 3.8) is 0 Å². The van der Waals surface area contributed by atoms with Gasteiger partial charge < -0.3 is 10.4 Å². The molecule has 0 saturated carbocycles. The van der Waals surface area contributed by atoms with Crippen LogP contribution in [0.3, 0.4) is 0 Å². The number of aliphatic hydroxyl groups is 1. The molecule has 1 saturated heterocycles. The number of hydrogen-bond acceptors (Lipinski definition) is 3. The molecule has 1 aliphatic rings. The topological polar surface area (TPSA) is 81.0 Å². The summed E-state index contributed by atoms with van der Waals surface area (Å²) < 4.78 is 0. The number of rotatable bonds is 1. The van der Waals surface area contributed by atoms with Crippen LogP contribution < -0.4 is 5.32 Å². The summed E-state index contributed by atoms with van der Waals surface area (Å²) in [6, 6.07) is -0.0370. The van der Waals surface area contributed by atoms with Crippen LogP contribution in [0.5, 0.6) is 0 Å². The normalized spacial score (nSPS) is 32.1. The molecule has 11 heavy (non-hydrogen) atoms. The molecule has 2 N–H and O–H groups in total. The van der Waals surface area contributed by atoms with E-state index >= 15 is 0 Å². The zero-order valence-corrected chi connectivity index (χ0v) is 6.27. The van der Waals surface area contributed by atoms with E-state index in [-0.39, 0.29) is 12.1 Å². The first kappa shape index (κ1) is 8.33. The minimum absolute atomic E-state index is 0.0370. The molecule has 1 fully saturated rings. The summed E-state index contributed by atoms with van der Waals surface area (Å²) >= 11 is 0. The van der Waals surface area contributed by atoms with Crippen LogP contribution in [0.1, 0.15) is 12.8 Å². The lowest BCUT2D eigenvalue weighted by Crippen LogP contribution is -2.24. The van der Waals surface area contributed by atoms with Crippen molar-refractivity contribution in [3.05, 3.63) is 10.4 Å². The molecule has 1 heterocycles. The van der Waals surface area contributed by atoms with Gasteiger partial charge in [-0.15, -0.1) is 0 Å². The molecule has 0 amide bonds. The van der Waals surface area contributed by atoms with Crippen LogP contribution in [0.2, 0.25) is 0 Å².